The molecule has 0 atom stereocenters. The maximum Gasteiger partial charge on any atom is 0.373 e. The molecule has 8 heteroatoms. The van der Waals surface area contributed by atoms with Crippen molar-refractivity contribution in [3.8, 4) is 11.6 Å². The van der Waals surface area contributed by atoms with Crippen LogP contribution in [0.5, 0.6) is 11.6 Å². The van der Waals surface area contributed by atoms with Crippen molar-refractivity contribution in [1.29, 1.82) is 0 Å². The molecule has 1 aromatic heterocycles. The van der Waals surface area contributed by atoms with Gasteiger partial charge >= 0.3 is 11.6 Å². The minimum atomic E-state index is -0.550. The van der Waals surface area contributed by atoms with Crippen LogP contribution in [0.15, 0.2) is 73.1 Å². The molecule has 0 fully saturated rings. The Morgan fingerprint density at radius 2 is 1.71 bits per heavy atom. The predicted molar refractivity (Wildman–Crippen MR) is 115 cm³/mol. The number of aromatic nitrogens is 2. The second-order valence-corrected chi connectivity index (χ2v) is 7.12. The fourth-order valence-corrected chi connectivity index (χ4v) is 3.07. The lowest BCUT2D eigenvalue weighted by Crippen LogP contribution is -2.03. The van der Waals surface area contributed by atoms with E-state index in [-0.39, 0.29) is 17.4 Å². The van der Waals surface area contributed by atoms with E-state index in [1.807, 2.05) is 60.7 Å². The lowest BCUT2D eigenvalue weighted by atomic mass is 10.1. The molecular weight excluding hydrogens is 471 g/mol. The van der Waals surface area contributed by atoms with E-state index in [4.69, 9.17) is 4.74 Å². The van der Waals surface area contributed by atoms with E-state index in [0.29, 0.717) is 11.4 Å². The average Bonchev–Trinajstić information content (AvgIpc) is 2.69. The molecule has 0 aliphatic carbocycles. The predicted octanol–water partition coefficient (Wildman–Crippen LogP) is 5.68. The summed E-state index contributed by atoms with van der Waals surface area (Å²) >= 11 is 2.19. The highest BCUT2D eigenvalue weighted by Crippen LogP contribution is 2.36. The van der Waals surface area contributed by atoms with Gasteiger partial charge in [-0.25, -0.2) is 4.98 Å². The number of hydrogen-bond donors (Lipinski definition) is 1. The van der Waals surface area contributed by atoms with E-state index in [0.717, 1.165) is 14.3 Å². The fraction of sp³-hybridized carbons (Fsp3) is 0. The van der Waals surface area contributed by atoms with Gasteiger partial charge in [-0.3, -0.25) is 10.1 Å². The Labute approximate surface area is 173 Å². The summed E-state index contributed by atoms with van der Waals surface area (Å²) in [5, 5.41) is 16.7. The Bertz CT molecular complexity index is 1170. The van der Waals surface area contributed by atoms with Gasteiger partial charge < -0.3 is 10.1 Å². The summed E-state index contributed by atoms with van der Waals surface area (Å²) in [7, 11) is 0. The van der Waals surface area contributed by atoms with Gasteiger partial charge in [0, 0.05) is 9.26 Å². The van der Waals surface area contributed by atoms with Gasteiger partial charge in [-0.2, -0.15) is 4.98 Å². The molecule has 0 aliphatic heterocycles. The van der Waals surface area contributed by atoms with Gasteiger partial charge in [-0.1, -0.05) is 30.3 Å². The molecule has 0 aliphatic rings. The molecule has 0 saturated carbocycles. The average molecular weight is 484 g/mol. The highest BCUT2D eigenvalue weighted by atomic mass is 127. The molecule has 1 heterocycles. The summed E-state index contributed by atoms with van der Waals surface area (Å²) < 4.78 is 6.80. The summed E-state index contributed by atoms with van der Waals surface area (Å²) in [5.74, 6) is 0.404. The zero-order valence-corrected chi connectivity index (χ0v) is 16.5. The van der Waals surface area contributed by atoms with E-state index < -0.39 is 4.92 Å². The molecule has 4 aromatic rings. The standard InChI is InChI=1S/C20H13IN4O3/c21-15-6-8-16(9-7-15)24-19-18(25(26)27)20(23-12-22-19)28-17-10-5-13-3-1-2-4-14(13)11-17/h1-12H,(H,22,23,24). The minimum absolute atomic E-state index is 0.0667. The first kappa shape index (κ1) is 18.1. The van der Waals surface area contributed by atoms with Crippen LogP contribution in [0.2, 0.25) is 0 Å². The number of ether oxygens (including phenoxy) is 1. The van der Waals surface area contributed by atoms with E-state index in [1.165, 1.54) is 6.33 Å². The van der Waals surface area contributed by atoms with Crippen LogP contribution in [0.25, 0.3) is 10.8 Å². The molecule has 0 bridgehead atoms. The van der Waals surface area contributed by atoms with Crippen molar-refractivity contribution in [3.63, 3.8) is 0 Å². The van der Waals surface area contributed by atoms with Gasteiger partial charge in [0.15, 0.2) is 0 Å². The van der Waals surface area contributed by atoms with E-state index in [2.05, 4.69) is 37.9 Å². The summed E-state index contributed by atoms with van der Waals surface area (Å²) in [6.07, 6.45) is 1.23. The zero-order chi connectivity index (χ0) is 19.5. The number of benzene rings is 3. The SMILES string of the molecule is O=[N+]([O-])c1c(Nc2ccc(I)cc2)ncnc1Oc1ccc2ccccc2c1. The fourth-order valence-electron chi connectivity index (χ4n) is 2.71. The van der Waals surface area contributed by atoms with Crippen LogP contribution in [-0.2, 0) is 0 Å². The maximum absolute atomic E-state index is 11.7. The molecular formula is C20H13IN4O3. The molecule has 3 aromatic carbocycles. The molecule has 138 valence electrons. The van der Waals surface area contributed by atoms with E-state index in [1.54, 1.807) is 6.07 Å². The van der Waals surface area contributed by atoms with Gasteiger partial charge in [0.1, 0.15) is 12.1 Å². The van der Waals surface area contributed by atoms with Crippen LogP contribution >= 0.6 is 22.6 Å². The Morgan fingerprint density at radius 1 is 0.964 bits per heavy atom. The van der Waals surface area contributed by atoms with E-state index >= 15 is 0 Å². The maximum atomic E-state index is 11.7. The van der Waals surface area contributed by atoms with Crippen LogP contribution in [0, 0.1) is 13.7 Å². The highest BCUT2D eigenvalue weighted by molar-refractivity contribution is 14.1. The lowest BCUT2D eigenvalue weighted by molar-refractivity contribution is -0.385. The smallest absolute Gasteiger partial charge is 0.373 e. The third-order valence-electron chi connectivity index (χ3n) is 4.01. The number of halogens is 1. The summed E-state index contributed by atoms with van der Waals surface area (Å²) in [6, 6.07) is 20.7. The van der Waals surface area contributed by atoms with Gasteiger partial charge in [0.05, 0.1) is 4.92 Å². The molecule has 0 amide bonds. The Hall–Kier alpha value is -3.27. The normalized spacial score (nSPS) is 10.6. The molecule has 4 rings (SSSR count). The van der Waals surface area contributed by atoms with Crippen molar-refractivity contribution >= 4 is 50.6 Å². The second kappa shape index (κ2) is 7.77. The highest BCUT2D eigenvalue weighted by Gasteiger charge is 2.25. The topological polar surface area (TPSA) is 90.2 Å². The lowest BCUT2D eigenvalue weighted by Gasteiger charge is -2.10. The van der Waals surface area contributed by atoms with Crippen molar-refractivity contribution in [2.24, 2.45) is 0 Å². The third-order valence-corrected chi connectivity index (χ3v) is 4.73. The Balaban J connectivity index is 1.69. The molecule has 0 unspecified atom stereocenters. The van der Waals surface area contributed by atoms with Crippen molar-refractivity contribution in [2.45, 2.75) is 0 Å². The minimum Gasteiger partial charge on any atom is -0.434 e. The van der Waals surface area contributed by atoms with Crippen LogP contribution in [-0.4, -0.2) is 14.9 Å². The number of hydrogen-bond acceptors (Lipinski definition) is 6. The first-order chi connectivity index (χ1) is 13.6. The van der Waals surface area contributed by atoms with Crippen molar-refractivity contribution < 1.29 is 9.66 Å². The second-order valence-electron chi connectivity index (χ2n) is 5.88. The number of rotatable bonds is 5. The number of anilines is 2. The van der Waals surface area contributed by atoms with Gasteiger partial charge in [-0.05, 0) is 69.8 Å². The molecule has 1 N–H and O–H groups in total. The van der Waals surface area contributed by atoms with Crippen molar-refractivity contribution in [2.75, 3.05) is 5.32 Å². The number of nitrogens with zero attached hydrogens (tertiary/aromatic N) is 3. The van der Waals surface area contributed by atoms with Crippen molar-refractivity contribution in [3.05, 3.63) is 86.7 Å². The van der Waals surface area contributed by atoms with Crippen LogP contribution in [0.3, 0.4) is 0 Å². The Morgan fingerprint density at radius 3 is 2.46 bits per heavy atom. The number of nitro groups is 1. The summed E-state index contributed by atoms with van der Waals surface area (Å²) in [5.41, 5.74) is 0.355. The molecule has 0 spiro atoms. The van der Waals surface area contributed by atoms with E-state index in [9.17, 15) is 10.1 Å². The zero-order valence-electron chi connectivity index (χ0n) is 14.4. The third kappa shape index (κ3) is 3.86. The number of fused-ring (bicyclic) bond motifs is 1. The van der Waals surface area contributed by atoms with Crippen LogP contribution in [0.1, 0.15) is 0 Å². The first-order valence-electron chi connectivity index (χ1n) is 8.29. The van der Waals surface area contributed by atoms with Crippen LogP contribution in [0.4, 0.5) is 17.2 Å². The molecule has 0 radical (unpaired) electrons. The summed E-state index contributed by atoms with van der Waals surface area (Å²) in [6.45, 7) is 0. The van der Waals surface area contributed by atoms with Gasteiger partial charge in [0.25, 0.3) is 0 Å². The monoisotopic (exact) mass is 484 g/mol. The molecule has 7 nitrogen and oxygen atoms in total. The van der Waals surface area contributed by atoms with Gasteiger partial charge in [0.2, 0.25) is 5.82 Å². The van der Waals surface area contributed by atoms with Crippen LogP contribution < -0.4 is 10.1 Å². The molecule has 0 saturated heterocycles. The van der Waals surface area contributed by atoms with Gasteiger partial charge in [-0.15, -0.1) is 0 Å². The quantitative estimate of drug-likeness (QED) is 0.223. The Kier molecular flexibility index (Phi) is 5.02. The molecule has 28 heavy (non-hydrogen) atoms. The summed E-state index contributed by atoms with van der Waals surface area (Å²) in [4.78, 5) is 19.1. The first-order valence-corrected chi connectivity index (χ1v) is 9.37. The number of nitrogens with one attached hydrogen (secondary N) is 1. The van der Waals surface area contributed by atoms with Crippen molar-refractivity contribution in [1.82, 2.24) is 9.97 Å². The largest absolute Gasteiger partial charge is 0.434 e.